The Morgan fingerprint density at radius 2 is 1.88 bits per heavy atom. The van der Waals surface area contributed by atoms with Gasteiger partial charge in [-0.25, -0.2) is 10.4 Å². The summed E-state index contributed by atoms with van der Waals surface area (Å²) in [5, 5.41) is 14.7. The van der Waals surface area contributed by atoms with Gasteiger partial charge in [0.25, 0.3) is 11.6 Å². The number of amides is 1. The van der Waals surface area contributed by atoms with E-state index < -0.39 is 10.8 Å². The molecule has 1 aromatic heterocycles. The van der Waals surface area contributed by atoms with E-state index in [0.717, 1.165) is 11.0 Å². The van der Waals surface area contributed by atoms with E-state index in [4.69, 9.17) is 0 Å². The van der Waals surface area contributed by atoms with Crippen molar-refractivity contribution in [3.05, 3.63) is 70.0 Å². The average molecular weight is 337 g/mol. The van der Waals surface area contributed by atoms with Gasteiger partial charge in [0.05, 0.1) is 16.0 Å². The van der Waals surface area contributed by atoms with Crippen LogP contribution in [0, 0.1) is 10.1 Å². The van der Waals surface area contributed by atoms with Gasteiger partial charge in [-0.2, -0.15) is 5.10 Å². The summed E-state index contributed by atoms with van der Waals surface area (Å²) in [6.45, 7) is 1.75. The highest BCUT2D eigenvalue weighted by Gasteiger charge is 2.12. The first-order valence-corrected chi connectivity index (χ1v) is 7.48. The van der Waals surface area contributed by atoms with Gasteiger partial charge in [-0.15, -0.1) is 0 Å². The molecular formula is C17H15N5O3. The van der Waals surface area contributed by atoms with Gasteiger partial charge < -0.3 is 4.57 Å². The fraction of sp³-hybridized carbons (Fsp3) is 0.118. The summed E-state index contributed by atoms with van der Waals surface area (Å²) in [6, 6.07) is 13.0. The van der Waals surface area contributed by atoms with Crippen molar-refractivity contribution < 1.29 is 9.72 Å². The number of non-ortho nitro benzene ring substituents is 1. The van der Waals surface area contributed by atoms with E-state index in [9.17, 15) is 14.9 Å². The normalized spacial score (nSPS) is 11.5. The van der Waals surface area contributed by atoms with Crippen LogP contribution in [0.25, 0.3) is 11.0 Å². The average Bonchev–Trinajstić information content (AvgIpc) is 2.96. The van der Waals surface area contributed by atoms with E-state index in [-0.39, 0.29) is 11.3 Å². The Labute approximate surface area is 142 Å². The highest BCUT2D eigenvalue weighted by Crippen LogP contribution is 2.15. The zero-order valence-corrected chi connectivity index (χ0v) is 13.6. The van der Waals surface area contributed by atoms with Crippen molar-refractivity contribution in [3.63, 3.8) is 0 Å². The zero-order chi connectivity index (χ0) is 18.0. The SMILES string of the molecule is CC(=NNC(=O)c1ccc([N+](=O)[O-])cc1)c1nc2ccccc2n1C. The molecule has 0 atom stereocenters. The molecule has 0 aliphatic heterocycles. The standard InChI is InChI=1S/C17H15N5O3/c1-11(16-18-14-5-3-4-6-15(14)21(16)2)19-20-17(23)12-7-9-13(10-8-12)22(24)25/h3-10H,1-2H3,(H,20,23). The molecule has 0 spiro atoms. The lowest BCUT2D eigenvalue weighted by atomic mass is 10.2. The van der Waals surface area contributed by atoms with Gasteiger partial charge in [-0.05, 0) is 31.2 Å². The summed E-state index contributed by atoms with van der Waals surface area (Å²) in [4.78, 5) is 26.7. The molecule has 0 radical (unpaired) electrons. The van der Waals surface area contributed by atoms with Crippen LogP contribution in [0.3, 0.4) is 0 Å². The minimum Gasteiger partial charge on any atom is -0.326 e. The van der Waals surface area contributed by atoms with Gasteiger partial charge in [0.15, 0.2) is 5.82 Å². The third-order valence-corrected chi connectivity index (χ3v) is 3.78. The van der Waals surface area contributed by atoms with Crippen LogP contribution in [-0.4, -0.2) is 26.1 Å². The maximum atomic E-state index is 12.1. The Kier molecular flexibility index (Phi) is 4.25. The largest absolute Gasteiger partial charge is 0.326 e. The van der Waals surface area contributed by atoms with Gasteiger partial charge in [-0.3, -0.25) is 14.9 Å². The number of carbonyl (C=O) groups is 1. The summed E-state index contributed by atoms with van der Waals surface area (Å²) in [7, 11) is 1.88. The number of hydrogen-bond donors (Lipinski definition) is 1. The summed E-state index contributed by atoms with van der Waals surface area (Å²) in [5.74, 6) is 0.193. The van der Waals surface area contributed by atoms with Crippen LogP contribution in [0.5, 0.6) is 0 Å². The molecule has 0 aliphatic carbocycles. The van der Waals surface area contributed by atoms with Crippen molar-refractivity contribution in [1.29, 1.82) is 0 Å². The van der Waals surface area contributed by atoms with E-state index >= 15 is 0 Å². The number of nitrogens with zero attached hydrogens (tertiary/aromatic N) is 4. The minimum absolute atomic E-state index is 0.0732. The van der Waals surface area contributed by atoms with Crippen molar-refractivity contribution in [3.8, 4) is 0 Å². The van der Waals surface area contributed by atoms with Gasteiger partial charge in [0.1, 0.15) is 5.71 Å². The third kappa shape index (κ3) is 3.23. The summed E-state index contributed by atoms with van der Waals surface area (Å²) < 4.78 is 1.90. The van der Waals surface area contributed by atoms with Gasteiger partial charge >= 0.3 is 0 Å². The summed E-state index contributed by atoms with van der Waals surface area (Å²) >= 11 is 0. The molecule has 0 aliphatic rings. The van der Waals surface area contributed by atoms with E-state index in [0.29, 0.717) is 11.5 Å². The number of fused-ring (bicyclic) bond motifs is 1. The number of hydrazone groups is 1. The molecule has 0 unspecified atom stereocenters. The number of aryl methyl sites for hydroxylation is 1. The summed E-state index contributed by atoms with van der Waals surface area (Å²) in [5.41, 5.74) is 5.01. The van der Waals surface area contributed by atoms with E-state index in [1.165, 1.54) is 24.3 Å². The second kappa shape index (κ2) is 6.52. The number of carbonyl (C=O) groups excluding carboxylic acids is 1. The van der Waals surface area contributed by atoms with Crippen molar-refractivity contribution in [2.45, 2.75) is 6.92 Å². The lowest BCUT2D eigenvalue weighted by molar-refractivity contribution is -0.384. The topological polar surface area (TPSA) is 102 Å². The molecule has 0 fully saturated rings. The molecule has 8 heteroatoms. The number of nitro groups is 1. The number of para-hydroxylation sites is 2. The van der Waals surface area contributed by atoms with Gasteiger partial charge in [0.2, 0.25) is 0 Å². The highest BCUT2D eigenvalue weighted by atomic mass is 16.6. The molecule has 0 saturated carbocycles. The Hall–Kier alpha value is -3.55. The predicted octanol–water partition coefficient (Wildman–Crippen LogP) is 2.64. The van der Waals surface area contributed by atoms with Gasteiger partial charge in [-0.1, -0.05) is 12.1 Å². The number of imidazole rings is 1. The van der Waals surface area contributed by atoms with Crippen LogP contribution in [0.2, 0.25) is 0 Å². The van der Waals surface area contributed by atoms with Gasteiger partial charge in [0, 0.05) is 24.7 Å². The maximum absolute atomic E-state index is 12.1. The number of aromatic nitrogens is 2. The zero-order valence-electron chi connectivity index (χ0n) is 13.6. The van der Waals surface area contributed by atoms with Crippen molar-refractivity contribution in [2.75, 3.05) is 0 Å². The van der Waals surface area contributed by atoms with Crippen LogP contribution in [0.15, 0.2) is 53.6 Å². The fourth-order valence-corrected chi connectivity index (χ4v) is 2.45. The van der Waals surface area contributed by atoms with Crippen LogP contribution in [0.4, 0.5) is 5.69 Å². The lowest BCUT2D eigenvalue weighted by Gasteiger charge is -2.03. The molecule has 1 heterocycles. The molecule has 126 valence electrons. The molecule has 1 amide bonds. The molecule has 25 heavy (non-hydrogen) atoms. The monoisotopic (exact) mass is 337 g/mol. The van der Waals surface area contributed by atoms with Crippen LogP contribution < -0.4 is 5.43 Å². The number of benzene rings is 2. The molecule has 0 saturated heterocycles. The molecular weight excluding hydrogens is 322 g/mol. The number of hydrogen-bond acceptors (Lipinski definition) is 5. The van der Waals surface area contributed by atoms with Crippen LogP contribution >= 0.6 is 0 Å². The minimum atomic E-state index is -0.518. The Morgan fingerprint density at radius 1 is 1.20 bits per heavy atom. The third-order valence-electron chi connectivity index (χ3n) is 3.78. The Morgan fingerprint density at radius 3 is 2.52 bits per heavy atom. The summed E-state index contributed by atoms with van der Waals surface area (Å²) in [6.07, 6.45) is 0. The fourth-order valence-electron chi connectivity index (χ4n) is 2.45. The van der Waals surface area contributed by atoms with Crippen LogP contribution in [0.1, 0.15) is 23.1 Å². The maximum Gasteiger partial charge on any atom is 0.271 e. The number of nitrogens with one attached hydrogen (secondary N) is 1. The molecule has 8 nitrogen and oxygen atoms in total. The van der Waals surface area contributed by atoms with Crippen molar-refractivity contribution >= 4 is 28.3 Å². The molecule has 3 rings (SSSR count). The number of rotatable bonds is 4. The predicted molar refractivity (Wildman–Crippen MR) is 93.5 cm³/mol. The van der Waals surface area contributed by atoms with Crippen molar-refractivity contribution in [1.82, 2.24) is 15.0 Å². The highest BCUT2D eigenvalue weighted by molar-refractivity contribution is 6.00. The lowest BCUT2D eigenvalue weighted by Crippen LogP contribution is -2.20. The molecule has 0 bridgehead atoms. The second-order valence-electron chi connectivity index (χ2n) is 5.43. The van der Waals surface area contributed by atoms with E-state index in [1.807, 2.05) is 35.9 Å². The second-order valence-corrected chi connectivity index (χ2v) is 5.43. The molecule has 1 N–H and O–H groups in total. The Bertz CT molecular complexity index is 989. The van der Waals surface area contributed by atoms with Crippen molar-refractivity contribution in [2.24, 2.45) is 12.1 Å². The first-order chi connectivity index (χ1) is 12.0. The molecule has 2 aromatic carbocycles. The first kappa shape index (κ1) is 16.3. The quantitative estimate of drug-likeness (QED) is 0.449. The van der Waals surface area contributed by atoms with E-state index in [1.54, 1.807) is 6.92 Å². The smallest absolute Gasteiger partial charge is 0.271 e. The van der Waals surface area contributed by atoms with E-state index in [2.05, 4.69) is 15.5 Å². The Balaban J connectivity index is 1.79. The first-order valence-electron chi connectivity index (χ1n) is 7.48. The number of nitro benzene ring substituents is 1. The molecule has 3 aromatic rings. The van der Waals surface area contributed by atoms with Crippen LogP contribution in [-0.2, 0) is 7.05 Å².